The molecular formula is C18H26N8O4. The lowest BCUT2D eigenvalue weighted by atomic mass is 10.2. The van der Waals surface area contributed by atoms with E-state index in [9.17, 15) is 0 Å². The monoisotopic (exact) mass is 418 g/mol. The second kappa shape index (κ2) is 12.0. The van der Waals surface area contributed by atoms with E-state index in [0.29, 0.717) is 75.5 Å². The highest BCUT2D eigenvalue weighted by Gasteiger charge is 2.10. The van der Waals surface area contributed by atoms with Crippen LogP contribution in [-0.2, 0) is 32.0 Å². The molecule has 3 rings (SSSR count). The van der Waals surface area contributed by atoms with Crippen LogP contribution >= 0.6 is 0 Å². The third kappa shape index (κ3) is 6.62. The van der Waals surface area contributed by atoms with E-state index in [0.717, 1.165) is 0 Å². The summed E-state index contributed by atoms with van der Waals surface area (Å²) in [6.45, 7) is 4.50. The molecule has 3 aromatic rings. The molecule has 0 radical (unpaired) electrons. The smallest absolute Gasteiger partial charge is 0.133 e. The van der Waals surface area contributed by atoms with Gasteiger partial charge in [0.1, 0.15) is 22.8 Å². The summed E-state index contributed by atoms with van der Waals surface area (Å²) in [5, 5.41) is 24.9. The van der Waals surface area contributed by atoms with Gasteiger partial charge in [-0.1, -0.05) is 10.4 Å². The van der Waals surface area contributed by atoms with Crippen molar-refractivity contribution in [1.82, 2.24) is 40.2 Å². The molecular weight excluding hydrogens is 392 g/mol. The first-order chi connectivity index (χ1) is 14.8. The fourth-order valence-corrected chi connectivity index (χ4v) is 2.46. The number of hydrogen-bond acceptors (Lipinski definition) is 10. The van der Waals surface area contributed by atoms with E-state index in [1.54, 1.807) is 23.6 Å². The summed E-state index contributed by atoms with van der Waals surface area (Å²) in [5.74, 6) is 0. The van der Waals surface area contributed by atoms with E-state index in [-0.39, 0.29) is 0 Å². The molecule has 0 atom stereocenters. The predicted octanol–water partition coefficient (Wildman–Crippen LogP) is 0.320. The van der Waals surface area contributed by atoms with Crippen molar-refractivity contribution in [3.05, 3.63) is 24.5 Å². The minimum Gasteiger partial charge on any atom is -0.382 e. The zero-order valence-electron chi connectivity index (χ0n) is 17.2. The van der Waals surface area contributed by atoms with Crippen LogP contribution in [0.5, 0.6) is 0 Å². The van der Waals surface area contributed by atoms with E-state index in [2.05, 4.69) is 30.8 Å². The van der Waals surface area contributed by atoms with E-state index in [1.165, 1.54) is 0 Å². The van der Waals surface area contributed by atoms with Gasteiger partial charge in [-0.15, -0.1) is 20.4 Å². The second-order valence-electron chi connectivity index (χ2n) is 6.25. The zero-order valence-corrected chi connectivity index (χ0v) is 17.2. The molecule has 0 spiro atoms. The summed E-state index contributed by atoms with van der Waals surface area (Å²) in [6, 6.07) is 3.66. The minimum atomic E-state index is 0.532. The van der Waals surface area contributed by atoms with Crippen molar-refractivity contribution in [1.29, 1.82) is 0 Å². The van der Waals surface area contributed by atoms with Crippen molar-refractivity contribution in [2.24, 2.45) is 0 Å². The maximum atomic E-state index is 5.43. The van der Waals surface area contributed by atoms with Crippen LogP contribution in [0.15, 0.2) is 24.5 Å². The number of methoxy groups -OCH3 is 2. The van der Waals surface area contributed by atoms with Gasteiger partial charge in [0.25, 0.3) is 0 Å². The largest absolute Gasteiger partial charge is 0.382 e. The highest BCUT2D eigenvalue weighted by atomic mass is 16.5. The molecule has 3 heterocycles. The predicted molar refractivity (Wildman–Crippen MR) is 105 cm³/mol. The van der Waals surface area contributed by atoms with Crippen LogP contribution in [0.2, 0.25) is 0 Å². The Morgan fingerprint density at radius 2 is 1.07 bits per heavy atom. The summed E-state index contributed by atoms with van der Waals surface area (Å²) in [5.41, 5.74) is 2.54. The van der Waals surface area contributed by atoms with Crippen molar-refractivity contribution < 1.29 is 18.9 Å². The first-order valence-electron chi connectivity index (χ1n) is 9.58. The van der Waals surface area contributed by atoms with Crippen LogP contribution in [0, 0.1) is 0 Å². The van der Waals surface area contributed by atoms with Gasteiger partial charge in [-0.25, -0.2) is 9.36 Å². The highest BCUT2D eigenvalue weighted by Crippen LogP contribution is 2.17. The lowest BCUT2D eigenvalue weighted by Crippen LogP contribution is -2.09. The van der Waals surface area contributed by atoms with E-state index in [4.69, 9.17) is 18.9 Å². The molecule has 0 bridgehead atoms. The Morgan fingerprint density at radius 1 is 0.600 bits per heavy atom. The average molecular weight is 418 g/mol. The van der Waals surface area contributed by atoms with E-state index in [1.807, 2.05) is 24.5 Å². The van der Waals surface area contributed by atoms with Crippen LogP contribution in [0.1, 0.15) is 0 Å². The Balaban J connectivity index is 1.50. The SMILES string of the molecule is COCCOCCn1cc(-c2ccc(-c3cn(CCOCCOC)nn3)nn2)nn1. The standard InChI is InChI=1S/C18H26N8O4/c1-27-9-11-29-7-5-25-13-17(21-23-25)15-3-4-16(20-19-15)18-14-26(24-22-18)6-8-30-12-10-28-2/h3-4,13-14H,5-12H2,1-2H3. The van der Waals surface area contributed by atoms with Gasteiger partial charge in [-0.2, -0.15) is 0 Å². The molecule has 12 heteroatoms. The van der Waals surface area contributed by atoms with Crippen LogP contribution in [0.25, 0.3) is 22.8 Å². The molecule has 0 aliphatic rings. The van der Waals surface area contributed by atoms with Gasteiger partial charge in [0, 0.05) is 14.2 Å². The molecule has 0 unspecified atom stereocenters. The van der Waals surface area contributed by atoms with Gasteiger partial charge in [0.15, 0.2) is 0 Å². The molecule has 162 valence electrons. The topological polar surface area (TPSA) is 124 Å². The summed E-state index contributed by atoms with van der Waals surface area (Å²) in [7, 11) is 3.28. The summed E-state index contributed by atoms with van der Waals surface area (Å²) in [4.78, 5) is 0. The van der Waals surface area contributed by atoms with Gasteiger partial charge in [-0.05, 0) is 12.1 Å². The van der Waals surface area contributed by atoms with Crippen molar-refractivity contribution in [3.8, 4) is 22.8 Å². The average Bonchev–Trinajstić information content (AvgIpc) is 3.44. The van der Waals surface area contributed by atoms with Crippen molar-refractivity contribution in [3.63, 3.8) is 0 Å². The van der Waals surface area contributed by atoms with Gasteiger partial charge < -0.3 is 18.9 Å². The van der Waals surface area contributed by atoms with E-state index >= 15 is 0 Å². The fraction of sp³-hybridized carbons (Fsp3) is 0.556. The molecule has 12 nitrogen and oxygen atoms in total. The summed E-state index contributed by atoms with van der Waals surface area (Å²) in [6.07, 6.45) is 3.62. The van der Waals surface area contributed by atoms with Crippen molar-refractivity contribution >= 4 is 0 Å². The molecule has 3 aromatic heterocycles. The van der Waals surface area contributed by atoms with E-state index < -0.39 is 0 Å². The number of aromatic nitrogens is 8. The molecule has 30 heavy (non-hydrogen) atoms. The zero-order chi connectivity index (χ0) is 21.0. The Bertz CT molecular complexity index is 796. The first kappa shape index (κ1) is 21.9. The lowest BCUT2D eigenvalue weighted by molar-refractivity contribution is 0.0652. The van der Waals surface area contributed by atoms with Gasteiger partial charge in [0.05, 0.1) is 65.1 Å². The molecule has 0 saturated carbocycles. The first-order valence-corrected chi connectivity index (χ1v) is 9.58. The van der Waals surface area contributed by atoms with Crippen LogP contribution in [-0.4, -0.2) is 94.0 Å². The molecule has 0 amide bonds. The van der Waals surface area contributed by atoms with Crippen LogP contribution < -0.4 is 0 Å². The Morgan fingerprint density at radius 3 is 1.47 bits per heavy atom. The molecule has 0 aliphatic heterocycles. The highest BCUT2D eigenvalue weighted by molar-refractivity contribution is 5.57. The van der Waals surface area contributed by atoms with Gasteiger partial charge >= 0.3 is 0 Å². The Kier molecular flexibility index (Phi) is 8.78. The summed E-state index contributed by atoms with van der Waals surface area (Å²) < 4.78 is 24.1. The third-order valence-corrected chi connectivity index (χ3v) is 4.06. The quantitative estimate of drug-likeness (QED) is 0.338. The molecule has 0 fully saturated rings. The minimum absolute atomic E-state index is 0.532. The van der Waals surface area contributed by atoms with Crippen LogP contribution in [0.3, 0.4) is 0 Å². The number of ether oxygens (including phenoxy) is 4. The van der Waals surface area contributed by atoms with Gasteiger partial charge in [-0.3, -0.25) is 0 Å². The molecule has 0 saturated heterocycles. The second-order valence-corrected chi connectivity index (χ2v) is 6.25. The normalized spacial score (nSPS) is 11.3. The fourth-order valence-electron chi connectivity index (χ4n) is 2.46. The van der Waals surface area contributed by atoms with Crippen molar-refractivity contribution in [2.75, 3.05) is 53.9 Å². The maximum Gasteiger partial charge on any atom is 0.133 e. The molecule has 0 N–H and O–H groups in total. The molecule has 0 aliphatic carbocycles. The Labute approximate surface area is 174 Å². The van der Waals surface area contributed by atoms with Crippen molar-refractivity contribution in [2.45, 2.75) is 13.1 Å². The maximum absolute atomic E-state index is 5.43. The third-order valence-electron chi connectivity index (χ3n) is 4.06. The number of rotatable bonds is 14. The number of nitrogens with zero attached hydrogens (tertiary/aromatic N) is 8. The number of hydrogen-bond donors (Lipinski definition) is 0. The molecule has 0 aromatic carbocycles. The lowest BCUT2D eigenvalue weighted by Gasteiger charge is -2.02. The van der Waals surface area contributed by atoms with Gasteiger partial charge in [0.2, 0.25) is 0 Å². The van der Waals surface area contributed by atoms with Crippen LogP contribution in [0.4, 0.5) is 0 Å². The summed E-state index contributed by atoms with van der Waals surface area (Å²) >= 11 is 0. The Hall–Kier alpha value is -2.80.